The second kappa shape index (κ2) is 10.1. The molecule has 0 bridgehead atoms. The Hall–Kier alpha value is -4.59. The molecule has 0 fully saturated rings. The molecule has 8 heteroatoms. The number of aromatic carboxylic acids is 1. The Kier molecular flexibility index (Phi) is 6.82. The van der Waals surface area contributed by atoms with Gasteiger partial charge in [0.1, 0.15) is 5.75 Å². The van der Waals surface area contributed by atoms with Crippen LogP contribution in [0.4, 0.5) is 5.69 Å². The molecule has 1 amide bonds. The summed E-state index contributed by atoms with van der Waals surface area (Å²) < 4.78 is 12.1. The summed E-state index contributed by atoms with van der Waals surface area (Å²) in [4.78, 5) is 38.0. The van der Waals surface area contributed by atoms with Crippen LogP contribution in [0.5, 0.6) is 5.75 Å². The van der Waals surface area contributed by atoms with Gasteiger partial charge in [-0.3, -0.25) is 4.79 Å². The van der Waals surface area contributed by atoms with Gasteiger partial charge >= 0.3 is 11.9 Å². The van der Waals surface area contributed by atoms with Crippen molar-refractivity contribution in [2.45, 2.75) is 13.3 Å². The average molecular weight is 472 g/mol. The number of hydrogen-bond acceptors (Lipinski definition) is 5. The first-order valence-corrected chi connectivity index (χ1v) is 11.0. The SMILES string of the molecule is CCOC(=O)c1c(NC(=O)Cc2ccc(OC)cc2)ccc2c1c(C(=O)O)cn2-c1ccccc1. The van der Waals surface area contributed by atoms with E-state index in [2.05, 4.69) is 5.32 Å². The maximum Gasteiger partial charge on any atom is 0.340 e. The molecule has 35 heavy (non-hydrogen) atoms. The quantitative estimate of drug-likeness (QED) is 0.360. The number of esters is 1. The molecule has 4 rings (SSSR count). The van der Waals surface area contributed by atoms with Gasteiger partial charge in [0.25, 0.3) is 0 Å². The highest BCUT2D eigenvalue weighted by molar-refractivity contribution is 6.17. The summed E-state index contributed by atoms with van der Waals surface area (Å²) in [7, 11) is 1.56. The van der Waals surface area contributed by atoms with Crippen molar-refractivity contribution in [3.8, 4) is 11.4 Å². The number of fused-ring (bicyclic) bond motifs is 1. The zero-order chi connectivity index (χ0) is 24.9. The lowest BCUT2D eigenvalue weighted by Gasteiger charge is -2.14. The predicted octanol–water partition coefficient (Wildman–Crippen LogP) is 4.70. The van der Waals surface area contributed by atoms with Crippen LogP contribution in [-0.2, 0) is 16.0 Å². The van der Waals surface area contributed by atoms with Gasteiger partial charge in [-0.2, -0.15) is 0 Å². The standard InChI is InChI=1S/C27H24N2O6/c1-3-35-27(33)25-21(28-23(30)15-17-9-11-19(34-2)12-10-17)13-14-22-24(25)20(26(31)32)16-29(22)18-7-5-4-6-8-18/h4-14,16H,3,15H2,1-2H3,(H,28,30)(H,31,32). The molecule has 0 unspecified atom stereocenters. The van der Waals surface area contributed by atoms with Crippen molar-refractivity contribution in [2.75, 3.05) is 19.0 Å². The molecule has 1 aromatic heterocycles. The van der Waals surface area contributed by atoms with E-state index in [-0.39, 0.29) is 41.1 Å². The number of anilines is 1. The number of ether oxygens (including phenoxy) is 2. The van der Waals surface area contributed by atoms with E-state index in [1.165, 1.54) is 6.20 Å². The first-order valence-electron chi connectivity index (χ1n) is 11.0. The third-order valence-corrected chi connectivity index (χ3v) is 5.51. The monoisotopic (exact) mass is 472 g/mol. The van der Waals surface area contributed by atoms with Gasteiger partial charge in [-0.25, -0.2) is 9.59 Å². The number of nitrogens with one attached hydrogen (secondary N) is 1. The van der Waals surface area contributed by atoms with Crippen molar-refractivity contribution in [3.63, 3.8) is 0 Å². The molecule has 0 spiro atoms. The van der Waals surface area contributed by atoms with E-state index in [0.29, 0.717) is 11.3 Å². The smallest absolute Gasteiger partial charge is 0.340 e. The third kappa shape index (κ3) is 4.86. The fourth-order valence-corrected chi connectivity index (χ4v) is 3.94. The fraction of sp³-hybridized carbons (Fsp3) is 0.148. The van der Waals surface area contributed by atoms with E-state index >= 15 is 0 Å². The van der Waals surface area contributed by atoms with Gasteiger partial charge in [0, 0.05) is 17.3 Å². The van der Waals surface area contributed by atoms with E-state index in [1.807, 2.05) is 30.3 Å². The number of nitrogens with zero attached hydrogens (tertiary/aromatic N) is 1. The summed E-state index contributed by atoms with van der Waals surface area (Å²) in [5.74, 6) is -1.60. The Labute approximate surface area is 201 Å². The predicted molar refractivity (Wildman–Crippen MR) is 132 cm³/mol. The lowest BCUT2D eigenvalue weighted by atomic mass is 10.0. The molecule has 4 aromatic rings. The number of para-hydroxylation sites is 1. The first-order chi connectivity index (χ1) is 16.9. The lowest BCUT2D eigenvalue weighted by molar-refractivity contribution is -0.115. The molecule has 0 saturated carbocycles. The maximum absolute atomic E-state index is 13.0. The molecule has 3 aromatic carbocycles. The van der Waals surface area contributed by atoms with Gasteiger partial charge in [-0.05, 0) is 48.9 Å². The molecule has 0 saturated heterocycles. The number of benzene rings is 3. The van der Waals surface area contributed by atoms with Crippen LogP contribution in [-0.4, -0.2) is 41.2 Å². The average Bonchev–Trinajstić information content (AvgIpc) is 3.25. The maximum atomic E-state index is 13.0. The van der Waals surface area contributed by atoms with Gasteiger partial charge in [0.05, 0.1) is 42.5 Å². The minimum absolute atomic E-state index is 0.000452. The van der Waals surface area contributed by atoms with E-state index in [0.717, 1.165) is 11.3 Å². The molecule has 8 nitrogen and oxygen atoms in total. The molecular formula is C27H24N2O6. The summed E-state index contributed by atoms with van der Waals surface area (Å²) in [6.45, 7) is 1.75. The van der Waals surface area contributed by atoms with E-state index in [9.17, 15) is 19.5 Å². The van der Waals surface area contributed by atoms with Gasteiger partial charge < -0.3 is 24.5 Å². The highest BCUT2D eigenvalue weighted by atomic mass is 16.5. The zero-order valence-electron chi connectivity index (χ0n) is 19.3. The van der Waals surface area contributed by atoms with E-state index in [4.69, 9.17) is 9.47 Å². The number of carbonyl (C=O) groups is 3. The van der Waals surface area contributed by atoms with Crippen molar-refractivity contribution in [1.29, 1.82) is 0 Å². The van der Waals surface area contributed by atoms with Crippen LogP contribution in [0.15, 0.2) is 72.9 Å². The second-order valence-electron chi connectivity index (χ2n) is 7.73. The van der Waals surface area contributed by atoms with Gasteiger partial charge in [0.15, 0.2) is 0 Å². The van der Waals surface area contributed by atoms with Crippen LogP contribution >= 0.6 is 0 Å². The van der Waals surface area contributed by atoms with Crippen molar-refractivity contribution >= 4 is 34.4 Å². The number of amides is 1. The molecule has 0 aliphatic carbocycles. The Balaban J connectivity index is 1.80. The second-order valence-corrected chi connectivity index (χ2v) is 7.73. The number of carbonyl (C=O) groups excluding carboxylic acids is 2. The summed E-state index contributed by atoms with van der Waals surface area (Å²) in [5.41, 5.74) is 2.10. The Morgan fingerprint density at radius 3 is 2.31 bits per heavy atom. The number of carboxylic acid groups (broad SMARTS) is 1. The Morgan fingerprint density at radius 2 is 1.69 bits per heavy atom. The summed E-state index contributed by atoms with van der Waals surface area (Å²) >= 11 is 0. The Morgan fingerprint density at radius 1 is 0.971 bits per heavy atom. The highest BCUT2D eigenvalue weighted by Gasteiger charge is 2.26. The molecular weight excluding hydrogens is 448 g/mol. The van der Waals surface area contributed by atoms with Crippen LogP contribution in [0.2, 0.25) is 0 Å². The third-order valence-electron chi connectivity index (χ3n) is 5.51. The van der Waals surface area contributed by atoms with Gasteiger partial charge in [-0.15, -0.1) is 0 Å². The largest absolute Gasteiger partial charge is 0.497 e. The van der Waals surface area contributed by atoms with Gasteiger partial charge in [0.2, 0.25) is 5.91 Å². The number of aromatic nitrogens is 1. The molecule has 0 atom stereocenters. The first kappa shape index (κ1) is 23.6. The zero-order valence-corrected chi connectivity index (χ0v) is 19.3. The fourth-order valence-electron chi connectivity index (χ4n) is 3.94. The number of hydrogen-bond donors (Lipinski definition) is 2. The normalized spacial score (nSPS) is 10.7. The van der Waals surface area contributed by atoms with Crippen molar-refractivity contribution in [1.82, 2.24) is 4.57 Å². The molecule has 0 radical (unpaired) electrons. The summed E-state index contributed by atoms with van der Waals surface area (Å²) in [6, 6.07) is 19.5. The number of carboxylic acids is 1. The minimum atomic E-state index is -1.20. The van der Waals surface area contributed by atoms with Crippen molar-refractivity contribution in [3.05, 3.63) is 89.6 Å². The van der Waals surface area contributed by atoms with Crippen LogP contribution in [0.1, 0.15) is 33.2 Å². The number of rotatable bonds is 8. The summed E-state index contributed by atoms with van der Waals surface area (Å²) in [6.07, 6.45) is 1.52. The van der Waals surface area contributed by atoms with Crippen LogP contribution < -0.4 is 10.1 Å². The highest BCUT2D eigenvalue weighted by Crippen LogP contribution is 2.33. The molecule has 1 heterocycles. The topological polar surface area (TPSA) is 107 Å². The van der Waals surface area contributed by atoms with Crippen molar-refractivity contribution in [2.24, 2.45) is 0 Å². The molecule has 0 aliphatic rings. The summed E-state index contributed by atoms with van der Waals surface area (Å²) in [5, 5.41) is 12.9. The van der Waals surface area contributed by atoms with Crippen LogP contribution in [0.25, 0.3) is 16.6 Å². The Bertz CT molecular complexity index is 1390. The molecule has 178 valence electrons. The van der Waals surface area contributed by atoms with Crippen LogP contribution in [0.3, 0.4) is 0 Å². The number of methoxy groups -OCH3 is 1. The lowest BCUT2D eigenvalue weighted by Crippen LogP contribution is -2.18. The van der Waals surface area contributed by atoms with Gasteiger partial charge in [-0.1, -0.05) is 30.3 Å². The molecule has 2 N–H and O–H groups in total. The van der Waals surface area contributed by atoms with E-state index < -0.39 is 11.9 Å². The molecule has 0 aliphatic heterocycles. The van der Waals surface area contributed by atoms with Crippen molar-refractivity contribution < 1.29 is 29.0 Å². The van der Waals surface area contributed by atoms with E-state index in [1.54, 1.807) is 55.0 Å². The van der Waals surface area contributed by atoms with Crippen LogP contribution in [0, 0.1) is 0 Å². The minimum Gasteiger partial charge on any atom is -0.497 e.